The molecule has 0 aliphatic rings. The van der Waals surface area contributed by atoms with Crippen molar-refractivity contribution in [3.05, 3.63) is 57.6 Å². The van der Waals surface area contributed by atoms with Gasteiger partial charge in [0.05, 0.1) is 12.7 Å². The molecular formula is C20H15BrN2O7. The van der Waals surface area contributed by atoms with Gasteiger partial charge < -0.3 is 25.0 Å². The first-order valence-electron chi connectivity index (χ1n) is 8.23. The Hall–Kier alpha value is -3.84. The minimum atomic E-state index is -1.16. The van der Waals surface area contributed by atoms with Crippen LogP contribution in [0.5, 0.6) is 11.5 Å². The van der Waals surface area contributed by atoms with E-state index in [9.17, 15) is 19.6 Å². The second kappa shape index (κ2) is 10.1. The second-order valence-corrected chi connectivity index (χ2v) is 6.57. The Morgan fingerprint density at radius 3 is 2.53 bits per heavy atom. The van der Waals surface area contributed by atoms with Gasteiger partial charge in [0.25, 0.3) is 5.91 Å². The molecule has 0 radical (unpaired) electrons. The number of nitrogens with zero attached hydrogens (tertiary/aromatic N) is 1. The van der Waals surface area contributed by atoms with Gasteiger partial charge in [-0.3, -0.25) is 4.79 Å². The number of aromatic carboxylic acids is 1. The van der Waals surface area contributed by atoms with Gasteiger partial charge in [0.1, 0.15) is 11.6 Å². The molecule has 0 aromatic heterocycles. The average Bonchev–Trinajstić information content (AvgIpc) is 2.71. The molecule has 3 N–H and O–H groups in total. The molecule has 0 unspecified atom stereocenters. The summed E-state index contributed by atoms with van der Waals surface area (Å²) in [6.07, 6.45) is 1.30. The highest BCUT2D eigenvalue weighted by molar-refractivity contribution is 9.10. The summed E-state index contributed by atoms with van der Waals surface area (Å²) in [5, 5.41) is 29.6. The smallest absolute Gasteiger partial charge is 0.341 e. The fourth-order valence-corrected chi connectivity index (χ4v) is 2.74. The Balaban J connectivity index is 2.31. The Morgan fingerprint density at radius 1 is 1.20 bits per heavy atom. The maximum atomic E-state index is 12.5. The van der Waals surface area contributed by atoms with Crippen LogP contribution in [-0.2, 0) is 9.59 Å². The number of nitrogens with one attached hydrogen (secondary N) is 1. The van der Waals surface area contributed by atoms with E-state index in [1.165, 1.54) is 49.6 Å². The summed E-state index contributed by atoms with van der Waals surface area (Å²) in [7, 11) is 1.36. The van der Waals surface area contributed by atoms with Crippen LogP contribution in [0.3, 0.4) is 0 Å². The Morgan fingerprint density at radius 2 is 1.93 bits per heavy atom. The first-order valence-corrected chi connectivity index (χ1v) is 9.03. The van der Waals surface area contributed by atoms with Crippen molar-refractivity contribution in [2.24, 2.45) is 0 Å². The molecule has 0 spiro atoms. The van der Waals surface area contributed by atoms with Crippen LogP contribution in [0.25, 0.3) is 6.08 Å². The minimum Gasteiger partial charge on any atom is -0.493 e. The number of rotatable bonds is 8. The van der Waals surface area contributed by atoms with Gasteiger partial charge in [0.15, 0.2) is 18.1 Å². The summed E-state index contributed by atoms with van der Waals surface area (Å²) in [5.41, 5.74) is 0.355. The Labute approximate surface area is 179 Å². The summed E-state index contributed by atoms with van der Waals surface area (Å²) in [5.74, 6) is -2.68. The summed E-state index contributed by atoms with van der Waals surface area (Å²) in [6.45, 7) is -0.570. The predicted molar refractivity (Wildman–Crippen MR) is 109 cm³/mol. The van der Waals surface area contributed by atoms with Crippen molar-refractivity contribution in [1.29, 1.82) is 5.26 Å². The largest absolute Gasteiger partial charge is 0.493 e. The molecule has 0 aliphatic carbocycles. The summed E-state index contributed by atoms with van der Waals surface area (Å²) in [4.78, 5) is 34.2. The van der Waals surface area contributed by atoms with Crippen molar-refractivity contribution in [3.8, 4) is 17.6 Å². The van der Waals surface area contributed by atoms with Crippen LogP contribution in [0.15, 0.2) is 46.4 Å². The number of carbonyl (C=O) groups is 3. The molecule has 154 valence electrons. The Bertz CT molecular complexity index is 1070. The fraction of sp³-hybridized carbons (Fsp3) is 0.100. The molecule has 0 heterocycles. The number of hydrogen-bond donors (Lipinski definition) is 3. The van der Waals surface area contributed by atoms with Crippen molar-refractivity contribution in [2.45, 2.75) is 0 Å². The molecule has 0 saturated carbocycles. The number of carboxylic acids is 2. The van der Waals surface area contributed by atoms with E-state index in [1.807, 2.05) is 0 Å². The molecule has 0 bridgehead atoms. The SMILES string of the molecule is COc1cc(/C=C(/C#N)C(=O)Nc2cccc(C(=O)O)c2)c(Br)cc1OCC(=O)O. The number of methoxy groups -OCH3 is 1. The van der Waals surface area contributed by atoms with Gasteiger partial charge in [0.2, 0.25) is 0 Å². The Kier molecular flexibility index (Phi) is 7.55. The average molecular weight is 475 g/mol. The molecule has 0 saturated heterocycles. The van der Waals surface area contributed by atoms with E-state index < -0.39 is 24.5 Å². The standard InChI is InChI=1S/C20H15BrN2O7/c1-29-16-7-12(15(21)8-17(16)30-10-18(24)25)5-13(9-22)19(26)23-14-4-2-3-11(6-14)20(27)28/h2-8H,10H2,1H3,(H,23,26)(H,24,25)(H,27,28)/b13-5-. The van der Waals surface area contributed by atoms with Crippen LogP contribution in [0.4, 0.5) is 5.69 Å². The third-order valence-electron chi connectivity index (χ3n) is 3.67. The molecule has 0 aliphatic heterocycles. The molecule has 30 heavy (non-hydrogen) atoms. The zero-order valence-corrected chi connectivity index (χ0v) is 17.1. The number of amides is 1. The van der Waals surface area contributed by atoms with Crippen LogP contribution in [0, 0.1) is 11.3 Å². The van der Waals surface area contributed by atoms with Gasteiger partial charge in [-0.25, -0.2) is 9.59 Å². The van der Waals surface area contributed by atoms with Gasteiger partial charge in [-0.05, 0) is 42.0 Å². The molecular weight excluding hydrogens is 460 g/mol. The van der Waals surface area contributed by atoms with Crippen LogP contribution < -0.4 is 14.8 Å². The van der Waals surface area contributed by atoms with Crippen LogP contribution in [0.1, 0.15) is 15.9 Å². The number of aliphatic carboxylic acids is 1. The lowest BCUT2D eigenvalue weighted by molar-refractivity contribution is -0.139. The molecule has 0 atom stereocenters. The number of carboxylic acid groups (broad SMARTS) is 2. The van der Waals surface area contributed by atoms with Gasteiger partial charge >= 0.3 is 11.9 Å². The number of nitriles is 1. The highest BCUT2D eigenvalue weighted by atomic mass is 79.9. The first kappa shape index (κ1) is 22.4. The monoisotopic (exact) mass is 474 g/mol. The van der Waals surface area contributed by atoms with Crippen molar-refractivity contribution in [2.75, 3.05) is 19.0 Å². The van der Waals surface area contributed by atoms with Crippen LogP contribution >= 0.6 is 15.9 Å². The van der Waals surface area contributed by atoms with Crippen molar-refractivity contribution >= 4 is 45.5 Å². The third kappa shape index (κ3) is 5.83. The topological polar surface area (TPSA) is 146 Å². The molecule has 2 aromatic carbocycles. The van der Waals surface area contributed by atoms with Gasteiger partial charge in [-0.15, -0.1) is 0 Å². The van der Waals surface area contributed by atoms with Gasteiger partial charge in [-0.1, -0.05) is 22.0 Å². The lowest BCUT2D eigenvalue weighted by Crippen LogP contribution is -2.14. The van der Waals surface area contributed by atoms with Gasteiger partial charge in [-0.2, -0.15) is 5.26 Å². The van der Waals surface area contributed by atoms with E-state index in [4.69, 9.17) is 19.7 Å². The van der Waals surface area contributed by atoms with Crippen molar-refractivity contribution in [3.63, 3.8) is 0 Å². The zero-order valence-electron chi connectivity index (χ0n) is 15.5. The lowest BCUT2D eigenvalue weighted by atomic mass is 10.1. The quantitative estimate of drug-likeness (QED) is 0.390. The number of benzene rings is 2. The summed E-state index contributed by atoms with van der Waals surface area (Å²) >= 11 is 3.28. The maximum absolute atomic E-state index is 12.5. The maximum Gasteiger partial charge on any atom is 0.341 e. The molecule has 2 aromatic rings. The number of carbonyl (C=O) groups excluding carboxylic acids is 1. The number of ether oxygens (including phenoxy) is 2. The first-order chi connectivity index (χ1) is 14.2. The number of hydrogen-bond acceptors (Lipinski definition) is 6. The molecule has 10 heteroatoms. The zero-order chi connectivity index (χ0) is 22.3. The van der Waals surface area contributed by atoms with Crippen LogP contribution in [0.2, 0.25) is 0 Å². The van der Waals surface area contributed by atoms with Crippen LogP contribution in [-0.4, -0.2) is 41.8 Å². The lowest BCUT2D eigenvalue weighted by Gasteiger charge is -2.12. The number of halogens is 1. The van der Waals surface area contributed by atoms with Crippen molar-refractivity contribution < 1.29 is 34.1 Å². The van der Waals surface area contributed by atoms with E-state index in [-0.39, 0.29) is 28.3 Å². The predicted octanol–water partition coefficient (Wildman–Crippen LogP) is 3.16. The van der Waals surface area contributed by atoms with E-state index in [0.717, 1.165) is 0 Å². The van der Waals surface area contributed by atoms with Gasteiger partial charge in [0, 0.05) is 10.2 Å². The molecule has 1 amide bonds. The fourth-order valence-electron chi connectivity index (χ4n) is 2.31. The highest BCUT2D eigenvalue weighted by Gasteiger charge is 2.15. The summed E-state index contributed by atoms with van der Waals surface area (Å²) < 4.78 is 10.7. The minimum absolute atomic E-state index is 0.0142. The molecule has 2 rings (SSSR count). The summed E-state index contributed by atoms with van der Waals surface area (Å²) in [6, 6.07) is 10.3. The normalized spacial score (nSPS) is 10.6. The van der Waals surface area contributed by atoms with E-state index in [2.05, 4.69) is 21.2 Å². The third-order valence-corrected chi connectivity index (χ3v) is 4.35. The van der Waals surface area contributed by atoms with E-state index >= 15 is 0 Å². The highest BCUT2D eigenvalue weighted by Crippen LogP contribution is 2.34. The van der Waals surface area contributed by atoms with E-state index in [0.29, 0.717) is 10.0 Å². The van der Waals surface area contributed by atoms with Crippen molar-refractivity contribution in [1.82, 2.24) is 0 Å². The number of anilines is 1. The molecule has 0 fully saturated rings. The molecule has 9 nitrogen and oxygen atoms in total. The van der Waals surface area contributed by atoms with E-state index in [1.54, 1.807) is 6.07 Å². The second-order valence-electron chi connectivity index (χ2n) is 5.72.